The van der Waals surface area contributed by atoms with Gasteiger partial charge in [-0.1, -0.05) is 0 Å². The maximum absolute atomic E-state index is 12.0. The van der Waals surface area contributed by atoms with Crippen LogP contribution in [0.2, 0.25) is 0 Å². The van der Waals surface area contributed by atoms with Crippen LogP contribution in [0.25, 0.3) is 5.82 Å². The molecule has 128 valence electrons. The lowest BCUT2D eigenvalue weighted by atomic mass is 10.3. The van der Waals surface area contributed by atoms with Crippen molar-refractivity contribution in [3.05, 3.63) is 55.2 Å². The largest absolute Gasteiger partial charge is 0.494 e. The Morgan fingerprint density at radius 3 is 2.32 bits per heavy atom. The molecule has 2 aromatic heterocycles. The lowest BCUT2D eigenvalue weighted by molar-refractivity contribution is -0.118. The van der Waals surface area contributed by atoms with Crippen LogP contribution in [0, 0.1) is 0 Å². The van der Waals surface area contributed by atoms with E-state index in [1.165, 1.54) is 0 Å². The Morgan fingerprint density at radius 1 is 1.04 bits per heavy atom. The molecule has 0 spiro atoms. The first-order valence-electron chi connectivity index (χ1n) is 7.71. The molecule has 3 rings (SSSR count). The molecule has 0 atom stereocenters. The molecule has 0 fully saturated rings. The van der Waals surface area contributed by atoms with Gasteiger partial charge in [-0.05, 0) is 43.3 Å². The second kappa shape index (κ2) is 7.91. The van der Waals surface area contributed by atoms with Gasteiger partial charge in [0.15, 0.2) is 6.61 Å². The van der Waals surface area contributed by atoms with Gasteiger partial charge in [-0.25, -0.2) is 4.98 Å². The number of rotatable bonds is 7. The number of carbonyl (C=O) groups excluding carboxylic acids is 1. The van der Waals surface area contributed by atoms with Gasteiger partial charge in [0.25, 0.3) is 5.91 Å². The fourth-order valence-electron chi connectivity index (χ4n) is 2.08. The molecule has 2 heterocycles. The van der Waals surface area contributed by atoms with Crippen molar-refractivity contribution in [3.63, 3.8) is 0 Å². The molecule has 0 aliphatic carbocycles. The summed E-state index contributed by atoms with van der Waals surface area (Å²) in [5, 5.41) is 10.2. The maximum atomic E-state index is 12.0. The van der Waals surface area contributed by atoms with Crippen LogP contribution < -0.4 is 14.8 Å². The first kappa shape index (κ1) is 16.4. The fourth-order valence-corrected chi connectivity index (χ4v) is 2.08. The van der Waals surface area contributed by atoms with E-state index >= 15 is 0 Å². The first-order valence-corrected chi connectivity index (χ1v) is 7.71. The monoisotopic (exact) mass is 339 g/mol. The number of nitrogens with zero attached hydrogens (tertiary/aromatic N) is 4. The van der Waals surface area contributed by atoms with Crippen molar-refractivity contribution in [3.8, 4) is 17.3 Å². The van der Waals surface area contributed by atoms with Crippen LogP contribution in [-0.2, 0) is 4.79 Å². The number of nitrogens with one attached hydrogen (secondary N) is 1. The van der Waals surface area contributed by atoms with Crippen molar-refractivity contribution >= 4 is 11.6 Å². The topological polar surface area (TPSA) is 91.2 Å². The van der Waals surface area contributed by atoms with Crippen molar-refractivity contribution in [2.75, 3.05) is 18.5 Å². The van der Waals surface area contributed by atoms with E-state index in [0.29, 0.717) is 23.9 Å². The minimum absolute atomic E-state index is 0.0961. The van der Waals surface area contributed by atoms with Crippen molar-refractivity contribution in [1.82, 2.24) is 19.7 Å². The summed E-state index contributed by atoms with van der Waals surface area (Å²) in [4.78, 5) is 16.2. The standard InChI is InChI=1S/C17H17N5O3/c1-2-24-14-4-6-15(7-5-14)25-10-17(23)21-13-3-8-16(18-9-13)22-11-19-20-12-22/h3-9,11-12H,2,10H2,1H3,(H,21,23). The molecule has 0 saturated carbocycles. The zero-order valence-corrected chi connectivity index (χ0v) is 13.6. The van der Waals surface area contributed by atoms with E-state index in [1.807, 2.05) is 6.92 Å². The summed E-state index contributed by atoms with van der Waals surface area (Å²) in [6, 6.07) is 10.6. The molecule has 0 saturated heterocycles. The van der Waals surface area contributed by atoms with Gasteiger partial charge >= 0.3 is 0 Å². The van der Waals surface area contributed by atoms with Gasteiger partial charge < -0.3 is 14.8 Å². The Labute approximate surface area is 144 Å². The van der Waals surface area contributed by atoms with E-state index in [9.17, 15) is 4.79 Å². The number of aromatic nitrogens is 4. The van der Waals surface area contributed by atoms with E-state index in [0.717, 1.165) is 5.75 Å². The third-order valence-electron chi connectivity index (χ3n) is 3.22. The molecule has 1 amide bonds. The highest BCUT2D eigenvalue weighted by molar-refractivity contribution is 5.91. The average molecular weight is 339 g/mol. The normalized spacial score (nSPS) is 10.3. The van der Waals surface area contributed by atoms with Crippen LogP contribution in [-0.4, -0.2) is 38.9 Å². The third kappa shape index (κ3) is 4.54. The van der Waals surface area contributed by atoms with Crippen LogP contribution in [0.15, 0.2) is 55.2 Å². The summed E-state index contributed by atoms with van der Waals surface area (Å²) in [6.45, 7) is 2.43. The number of carbonyl (C=O) groups is 1. The van der Waals surface area contributed by atoms with E-state index in [-0.39, 0.29) is 12.5 Å². The molecule has 3 aromatic rings. The maximum Gasteiger partial charge on any atom is 0.262 e. The smallest absolute Gasteiger partial charge is 0.262 e. The summed E-state index contributed by atoms with van der Waals surface area (Å²) in [5.41, 5.74) is 0.581. The highest BCUT2D eigenvalue weighted by Gasteiger charge is 2.05. The van der Waals surface area contributed by atoms with Gasteiger partial charge in [0.1, 0.15) is 30.0 Å². The summed E-state index contributed by atoms with van der Waals surface area (Å²) >= 11 is 0. The predicted octanol–water partition coefficient (Wildman–Crippen LogP) is 2.08. The van der Waals surface area contributed by atoms with Crippen LogP contribution in [0.4, 0.5) is 5.69 Å². The molecule has 25 heavy (non-hydrogen) atoms. The molecule has 1 N–H and O–H groups in total. The minimum atomic E-state index is -0.271. The van der Waals surface area contributed by atoms with Crippen molar-refractivity contribution in [1.29, 1.82) is 0 Å². The number of hydrogen-bond donors (Lipinski definition) is 1. The zero-order valence-electron chi connectivity index (χ0n) is 13.6. The van der Waals surface area contributed by atoms with Gasteiger partial charge in [0.2, 0.25) is 0 Å². The summed E-state index contributed by atoms with van der Waals surface area (Å²) in [7, 11) is 0. The van der Waals surface area contributed by atoms with Gasteiger partial charge in [0.05, 0.1) is 18.5 Å². The Bertz CT molecular complexity index is 801. The number of pyridine rings is 1. The van der Waals surface area contributed by atoms with Gasteiger partial charge in [-0.2, -0.15) is 0 Å². The average Bonchev–Trinajstić information content (AvgIpc) is 3.17. The summed E-state index contributed by atoms with van der Waals surface area (Å²) in [6.07, 6.45) is 4.65. The number of ether oxygens (including phenoxy) is 2. The quantitative estimate of drug-likeness (QED) is 0.709. The van der Waals surface area contributed by atoms with Crippen LogP contribution in [0.3, 0.4) is 0 Å². The van der Waals surface area contributed by atoms with Gasteiger partial charge in [-0.15, -0.1) is 10.2 Å². The number of anilines is 1. The van der Waals surface area contributed by atoms with E-state index < -0.39 is 0 Å². The first-order chi connectivity index (χ1) is 12.2. The Morgan fingerprint density at radius 2 is 1.72 bits per heavy atom. The Hall–Kier alpha value is -3.42. The third-order valence-corrected chi connectivity index (χ3v) is 3.22. The number of amides is 1. The van der Waals surface area contributed by atoms with Crippen molar-refractivity contribution in [2.24, 2.45) is 0 Å². The summed E-state index contributed by atoms with van der Waals surface area (Å²) < 4.78 is 12.5. The van der Waals surface area contributed by atoms with E-state index in [2.05, 4.69) is 20.5 Å². The molecule has 8 nitrogen and oxygen atoms in total. The van der Waals surface area contributed by atoms with Gasteiger partial charge in [-0.3, -0.25) is 9.36 Å². The fraction of sp³-hybridized carbons (Fsp3) is 0.176. The number of benzene rings is 1. The van der Waals surface area contributed by atoms with Crippen molar-refractivity contribution < 1.29 is 14.3 Å². The summed E-state index contributed by atoms with van der Waals surface area (Å²) in [5.74, 6) is 1.75. The molecular formula is C17H17N5O3. The SMILES string of the molecule is CCOc1ccc(OCC(=O)Nc2ccc(-n3cnnc3)nc2)cc1. The minimum Gasteiger partial charge on any atom is -0.494 e. The van der Waals surface area contributed by atoms with Crippen LogP contribution in [0.1, 0.15) is 6.92 Å². The molecule has 8 heteroatoms. The zero-order chi connectivity index (χ0) is 17.5. The van der Waals surface area contributed by atoms with E-state index in [1.54, 1.807) is 59.8 Å². The molecule has 0 aliphatic rings. The second-order valence-electron chi connectivity index (χ2n) is 5.02. The van der Waals surface area contributed by atoms with Crippen LogP contribution in [0.5, 0.6) is 11.5 Å². The molecule has 0 radical (unpaired) electrons. The van der Waals surface area contributed by atoms with Crippen molar-refractivity contribution in [2.45, 2.75) is 6.92 Å². The lowest BCUT2D eigenvalue weighted by Gasteiger charge is -2.09. The lowest BCUT2D eigenvalue weighted by Crippen LogP contribution is -2.20. The second-order valence-corrected chi connectivity index (χ2v) is 5.02. The Balaban J connectivity index is 1.50. The molecule has 0 aliphatic heterocycles. The molecular weight excluding hydrogens is 322 g/mol. The molecule has 1 aromatic carbocycles. The highest BCUT2D eigenvalue weighted by atomic mass is 16.5. The van der Waals surface area contributed by atoms with Crippen LogP contribution >= 0.6 is 0 Å². The Kier molecular flexibility index (Phi) is 5.20. The number of hydrogen-bond acceptors (Lipinski definition) is 6. The molecule has 0 bridgehead atoms. The predicted molar refractivity (Wildman–Crippen MR) is 90.9 cm³/mol. The van der Waals surface area contributed by atoms with Gasteiger partial charge in [0, 0.05) is 0 Å². The van der Waals surface area contributed by atoms with E-state index in [4.69, 9.17) is 9.47 Å². The molecule has 0 unspecified atom stereocenters. The highest BCUT2D eigenvalue weighted by Crippen LogP contribution is 2.17.